The summed E-state index contributed by atoms with van der Waals surface area (Å²) in [5.74, 6) is 1.77. The molecule has 0 spiro atoms. The molecule has 1 saturated heterocycles. The van der Waals surface area contributed by atoms with Gasteiger partial charge in [0.1, 0.15) is 5.75 Å². The minimum absolute atomic E-state index is 0.729. The lowest BCUT2D eigenvalue weighted by molar-refractivity contribution is 0.125. The maximum atomic E-state index is 5.77. The number of hydrogen-bond donors (Lipinski definition) is 1. The largest absolute Gasteiger partial charge is 0.494 e. The Balaban J connectivity index is 1.42. The van der Waals surface area contributed by atoms with E-state index in [1.165, 1.54) is 44.2 Å². The summed E-state index contributed by atoms with van der Waals surface area (Å²) >= 11 is 0. The Morgan fingerprint density at radius 1 is 1.12 bits per heavy atom. The van der Waals surface area contributed by atoms with Crippen LogP contribution in [0.4, 0.5) is 0 Å². The number of aryl methyl sites for hydroxylation is 1. The zero-order chi connectivity index (χ0) is 16.9. The van der Waals surface area contributed by atoms with Crippen molar-refractivity contribution in [3.05, 3.63) is 36.2 Å². The molecular weight excluding hydrogens is 298 g/mol. The van der Waals surface area contributed by atoms with Crippen molar-refractivity contribution in [2.24, 2.45) is 5.92 Å². The molecule has 1 aromatic carbocycles. The zero-order valence-corrected chi connectivity index (χ0v) is 15.3. The molecule has 3 heteroatoms. The lowest BCUT2D eigenvalue weighted by Crippen LogP contribution is -2.30. The lowest BCUT2D eigenvalue weighted by Gasteiger charge is -2.22. The third-order valence-corrected chi connectivity index (χ3v) is 4.55. The van der Waals surface area contributed by atoms with Gasteiger partial charge >= 0.3 is 0 Å². The molecule has 1 aliphatic rings. The highest BCUT2D eigenvalue weighted by Crippen LogP contribution is 2.16. The van der Waals surface area contributed by atoms with Gasteiger partial charge in [0.2, 0.25) is 0 Å². The number of benzene rings is 1. The molecule has 1 heterocycles. The fraction of sp³-hybridized carbons (Fsp3) is 0.667. The minimum atomic E-state index is 0.729. The van der Waals surface area contributed by atoms with Crippen LogP contribution in [-0.4, -0.2) is 32.9 Å². The maximum absolute atomic E-state index is 5.77. The third kappa shape index (κ3) is 8.16. The monoisotopic (exact) mass is 332 g/mol. The summed E-state index contributed by atoms with van der Waals surface area (Å²) in [6.07, 6.45) is 10.9. The van der Waals surface area contributed by atoms with Crippen molar-refractivity contribution in [1.82, 2.24) is 5.32 Å². The highest BCUT2D eigenvalue weighted by molar-refractivity contribution is 5.28. The van der Waals surface area contributed by atoms with Crippen LogP contribution in [0.5, 0.6) is 5.75 Å². The van der Waals surface area contributed by atoms with Gasteiger partial charge in [-0.15, -0.1) is 0 Å². The molecule has 1 radical (unpaired) electrons. The van der Waals surface area contributed by atoms with Crippen molar-refractivity contribution >= 4 is 0 Å². The van der Waals surface area contributed by atoms with E-state index in [1.54, 1.807) is 0 Å². The van der Waals surface area contributed by atoms with Gasteiger partial charge in [0.15, 0.2) is 0 Å². The number of hydrogen-bond acceptors (Lipinski definition) is 3. The second-order valence-corrected chi connectivity index (χ2v) is 6.63. The predicted octanol–water partition coefficient (Wildman–Crippen LogP) is 4.41. The van der Waals surface area contributed by atoms with Crippen molar-refractivity contribution in [2.75, 3.05) is 32.9 Å². The van der Waals surface area contributed by atoms with Gasteiger partial charge in [0, 0.05) is 13.2 Å². The van der Waals surface area contributed by atoms with Crippen LogP contribution in [0.2, 0.25) is 0 Å². The van der Waals surface area contributed by atoms with Crippen LogP contribution in [0, 0.1) is 12.3 Å². The van der Waals surface area contributed by atoms with Crippen molar-refractivity contribution in [2.45, 2.75) is 51.9 Å². The van der Waals surface area contributed by atoms with Gasteiger partial charge in [-0.25, -0.2) is 0 Å². The van der Waals surface area contributed by atoms with Crippen LogP contribution in [0.15, 0.2) is 24.3 Å². The molecule has 1 fully saturated rings. The molecule has 135 valence electrons. The average Bonchev–Trinajstić information content (AvgIpc) is 2.62. The lowest BCUT2D eigenvalue weighted by atomic mass is 9.94. The highest BCUT2D eigenvalue weighted by atomic mass is 16.5. The summed E-state index contributed by atoms with van der Waals surface area (Å²) in [6.45, 7) is 6.89. The standard InChI is InChI=1S/C21H34NO2/c1-2-24-21-13-7-11-19(17-21)9-3-5-15-23-16-6-4-10-20-12-8-14-22-18-20/h7,11-13,17,20,22H,2-6,8-10,14-16,18H2,1H3. The number of ether oxygens (including phenoxy) is 2. The fourth-order valence-electron chi connectivity index (χ4n) is 3.22. The average molecular weight is 333 g/mol. The van der Waals surface area contributed by atoms with Gasteiger partial charge in [-0.1, -0.05) is 18.6 Å². The second-order valence-electron chi connectivity index (χ2n) is 6.63. The summed E-state index contributed by atoms with van der Waals surface area (Å²) in [5, 5.41) is 3.46. The van der Waals surface area contributed by atoms with E-state index in [-0.39, 0.29) is 0 Å². The van der Waals surface area contributed by atoms with Crippen LogP contribution >= 0.6 is 0 Å². The molecule has 24 heavy (non-hydrogen) atoms. The second kappa shape index (κ2) is 12.3. The van der Waals surface area contributed by atoms with Crippen LogP contribution < -0.4 is 10.1 Å². The van der Waals surface area contributed by atoms with E-state index in [1.807, 2.05) is 13.0 Å². The topological polar surface area (TPSA) is 30.5 Å². The van der Waals surface area contributed by atoms with E-state index in [0.717, 1.165) is 50.9 Å². The van der Waals surface area contributed by atoms with Gasteiger partial charge in [0.05, 0.1) is 6.61 Å². The highest BCUT2D eigenvalue weighted by Gasteiger charge is 2.12. The Hall–Kier alpha value is -1.06. The smallest absolute Gasteiger partial charge is 0.119 e. The first kappa shape index (κ1) is 19.3. The Bertz CT molecular complexity index is 430. The molecule has 0 aliphatic carbocycles. The summed E-state index contributed by atoms with van der Waals surface area (Å²) < 4.78 is 11.3. The molecule has 1 atom stereocenters. The van der Waals surface area contributed by atoms with E-state index >= 15 is 0 Å². The van der Waals surface area contributed by atoms with E-state index in [4.69, 9.17) is 9.47 Å². The van der Waals surface area contributed by atoms with Crippen molar-refractivity contribution < 1.29 is 9.47 Å². The quantitative estimate of drug-likeness (QED) is 0.575. The third-order valence-electron chi connectivity index (χ3n) is 4.55. The predicted molar refractivity (Wildman–Crippen MR) is 100 cm³/mol. The molecule has 0 amide bonds. The first-order valence-electron chi connectivity index (χ1n) is 9.72. The van der Waals surface area contributed by atoms with E-state index in [0.29, 0.717) is 0 Å². The molecular formula is C21H34NO2. The van der Waals surface area contributed by atoms with Gasteiger partial charge in [-0.2, -0.15) is 0 Å². The molecule has 1 aliphatic heterocycles. The van der Waals surface area contributed by atoms with E-state index in [2.05, 4.69) is 29.9 Å². The van der Waals surface area contributed by atoms with E-state index < -0.39 is 0 Å². The van der Waals surface area contributed by atoms with E-state index in [9.17, 15) is 0 Å². The van der Waals surface area contributed by atoms with Crippen LogP contribution in [0.3, 0.4) is 0 Å². The summed E-state index contributed by atoms with van der Waals surface area (Å²) in [4.78, 5) is 0. The van der Waals surface area contributed by atoms with Crippen LogP contribution in [-0.2, 0) is 11.2 Å². The number of piperidine rings is 1. The van der Waals surface area contributed by atoms with Crippen molar-refractivity contribution in [3.63, 3.8) is 0 Å². The van der Waals surface area contributed by atoms with Crippen LogP contribution in [0.1, 0.15) is 51.0 Å². The number of nitrogens with one attached hydrogen (secondary N) is 1. The SMILES string of the molecule is CCOc1cccc(CCCCOCCCCC2[CH]CCNC2)c1. The molecule has 2 rings (SSSR count). The Kier molecular flexibility index (Phi) is 9.89. The Morgan fingerprint density at radius 3 is 2.79 bits per heavy atom. The summed E-state index contributed by atoms with van der Waals surface area (Å²) in [6, 6.07) is 8.44. The molecule has 3 nitrogen and oxygen atoms in total. The molecule has 0 saturated carbocycles. The van der Waals surface area contributed by atoms with Crippen molar-refractivity contribution in [3.8, 4) is 5.75 Å². The number of unbranched alkanes of at least 4 members (excludes halogenated alkanes) is 2. The zero-order valence-electron chi connectivity index (χ0n) is 15.3. The number of rotatable bonds is 12. The Labute approximate surface area is 148 Å². The van der Waals surface area contributed by atoms with Gasteiger partial charge in [-0.05, 0) is 88.6 Å². The normalized spacial score (nSPS) is 17.8. The molecule has 1 unspecified atom stereocenters. The molecule has 1 aromatic rings. The first-order chi connectivity index (χ1) is 11.9. The maximum Gasteiger partial charge on any atom is 0.119 e. The minimum Gasteiger partial charge on any atom is -0.494 e. The Morgan fingerprint density at radius 2 is 2.00 bits per heavy atom. The molecule has 0 bridgehead atoms. The molecule has 0 aromatic heterocycles. The van der Waals surface area contributed by atoms with Crippen molar-refractivity contribution in [1.29, 1.82) is 0 Å². The fourth-order valence-corrected chi connectivity index (χ4v) is 3.22. The van der Waals surface area contributed by atoms with Gasteiger partial charge < -0.3 is 14.8 Å². The van der Waals surface area contributed by atoms with Crippen LogP contribution in [0.25, 0.3) is 0 Å². The first-order valence-corrected chi connectivity index (χ1v) is 9.72. The molecule has 1 N–H and O–H groups in total. The summed E-state index contributed by atoms with van der Waals surface area (Å²) in [7, 11) is 0. The summed E-state index contributed by atoms with van der Waals surface area (Å²) in [5.41, 5.74) is 1.36. The van der Waals surface area contributed by atoms with Gasteiger partial charge in [-0.3, -0.25) is 0 Å². The van der Waals surface area contributed by atoms with Gasteiger partial charge in [0.25, 0.3) is 0 Å².